The summed E-state index contributed by atoms with van der Waals surface area (Å²) in [4.78, 5) is 11.5. The van der Waals surface area contributed by atoms with E-state index in [9.17, 15) is 9.18 Å². The van der Waals surface area contributed by atoms with Gasteiger partial charge < -0.3 is 10.6 Å². The third-order valence-electron chi connectivity index (χ3n) is 2.53. The van der Waals surface area contributed by atoms with E-state index < -0.39 is 5.82 Å². The van der Waals surface area contributed by atoms with Crippen LogP contribution in [0.1, 0.15) is 18.4 Å². The van der Waals surface area contributed by atoms with Gasteiger partial charge in [-0.2, -0.15) is 5.26 Å². The van der Waals surface area contributed by atoms with Gasteiger partial charge in [0.25, 0.3) is 0 Å². The van der Waals surface area contributed by atoms with E-state index >= 15 is 0 Å². The molecule has 1 aliphatic rings. The van der Waals surface area contributed by atoms with Crippen molar-refractivity contribution in [3.8, 4) is 6.07 Å². The minimum atomic E-state index is -0.625. The number of carbonyl (C=O) groups excluding carboxylic acids is 1. The van der Waals surface area contributed by atoms with Crippen LogP contribution in [0.5, 0.6) is 0 Å². The normalized spacial score (nSPS) is 14.1. The Kier molecular flexibility index (Phi) is 3.35. The van der Waals surface area contributed by atoms with Gasteiger partial charge in [-0.3, -0.25) is 4.79 Å². The molecule has 0 saturated heterocycles. The van der Waals surface area contributed by atoms with Crippen LogP contribution in [0.15, 0.2) is 18.2 Å². The molecular weight excluding hydrogens is 221 g/mol. The van der Waals surface area contributed by atoms with Crippen LogP contribution in [0.3, 0.4) is 0 Å². The Hall–Kier alpha value is -1.93. The minimum Gasteiger partial charge on any atom is -0.324 e. The molecule has 5 heteroatoms. The number of amides is 1. The molecule has 0 unspecified atom stereocenters. The highest BCUT2D eigenvalue weighted by Gasteiger charge is 2.21. The van der Waals surface area contributed by atoms with Gasteiger partial charge in [0.05, 0.1) is 12.2 Å². The van der Waals surface area contributed by atoms with E-state index in [-0.39, 0.29) is 23.7 Å². The van der Waals surface area contributed by atoms with E-state index in [2.05, 4.69) is 10.6 Å². The molecule has 4 nitrogen and oxygen atoms in total. The first-order valence-corrected chi connectivity index (χ1v) is 5.42. The summed E-state index contributed by atoms with van der Waals surface area (Å²) in [6.07, 6.45) is 2.19. The zero-order valence-corrected chi connectivity index (χ0v) is 9.16. The number of anilines is 1. The molecule has 2 rings (SSSR count). The number of nitrogens with one attached hydrogen (secondary N) is 2. The number of hydrogen-bond donors (Lipinski definition) is 2. The summed E-state index contributed by atoms with van der Waals surface area (Å²) in [5, 5.41) is 14.3. The number of hydrogen-bond acceptors (Lipinski definition) is 3. The molecule has 0 bridgehead atoms. The highest BCUT2D eigenvalue weighted by Crippen LogP contribution is 2.19. The Morgan fingerprint density at radius 1 is 1.53 bits per heavy atom. The Morgan fingerprint density at radius 3 is 2.94 bits per heavy atom. The van der Waals surface area contributed by atoms with Crippen LogP contribution in [-0.2, 0) is 4.79 Å². The highest BCUT2D eigenvalue weighted by atomic mass is 19.1. The Balaban J connectivity index is 1.99. The van der Waals surface area contributed by atoms with Gasteiger partial charge in [0.2, 0.25) is 5.91 Å². The van der Waals surface area contributed by atoms with Crippen molar-refractivity contribution in [2.24, 2.45) is 0 Å². The van der Waals surface area contributed by atoms with E-state index in [1.165, 1.54) is 18.2 Å². The van der Waals surface area contributed by atoms with Crippen molar-refractivity contribution in [2.75, 3.05) is 11.9 Å². The number of nitriles is 1. The van der Waals surface area contributed by atoms with Gasteiger partial charge in [0.15, 0.2) is 0 Å². The number of nitrogens with zero attached hydrogens (tertiary/aromatic N) is 1. The van der Waals surface area contributed by atoms with Crippen molar-refractivity contribution in [3.05, 3.63) is 29.6 Å². The smallest absolute Gasteiger partial charge is 0.238 e. The molecule has 1 aliphatic carbocycles. The van der Waals surface area contributed by atoms with E-state index in [0.717, 1.165) is 12.8 Å². The van der Waals surface area contributed by atoms with Crippen LogP contribution < -0.4 is 10.6 Å². The van der Waals surface area contributed by atoms with Crippen molar-refractivity contribution < 1.29 is 9.18 Å². The number of halogens is 1. The van der Waals surface area contributed by atoms with E-state index in [0.29, 0.717) is 6.04 Å². The van der Waals surface area contributed by atoms with Gasteiger partial charge in [-0.1, -0.05) is 6.07 Å². The van der Waals surface area contributed by atoms with Crippen LogP contribution in [0.4, 0.5) is 10.1 Å². The maximum Gasteiger partial charge on any atom is 0.238 e. The average Bonchev–Trinajstić information content (AvgIpc) is 3.10. The molecule has 0 atom stereocenters. The lowest BCUT2D eigenvalue weighted by Gasteiger charge is -2.07. The Morgan fingerprint density at radius 2 is 2.29 bits per heavy atom. The van der Waals surface area contributed by atoms with Crippen LogP contribution >= 0.6 is 0 Å². The molecule has 1 amide bonds. The molecule has 17 heavy (non-hydrogen) atoms. The first-order valence-electron chi connectivity index (χ1n) is 5.42. The van der Waals surface area contributed by atoms with E-state index in [4.69, 9.17) is 5.26 Å². The van der Waals surface area contributed by atoms with Gasteiger partial charge >= 0.3 is 0 Å². The second kappa shape index (κ2) is 4.93. The number of rotatable bonds is 4. The van der Waals surface area contributed by atoms with E-state index in [1.54, 1.807) is 6.07 Å². The molecule has 0 aliphatic heterocycles. The molecule has 2 N–H and O–H groups in total. The predicted octanol–water partition coefficient (Wildman–Crippen LogP) is 1.39. The molecule has 0 heterocycles. The highest BCUT2D eigenvalue weighted by molar-refractivity contribution is 5.93. The molecule has 88 valence electrons. The largest absolute Gasteiger partial charge is 0.324 e. The van der Waals surface area contributed by atoms with Gasteiger partial charge in [0.1, 0.15) is 17.4 Å². The summed E-state index contributed by atoms with van der Waals surface area (Å²) in [7, 11) is 0. The van der Waals surface area contributed by atoms with Crippen molar-refractivity contribution in [3.63, 3.8) is 0 Å². The summed E-state index contributed by atoms with van der Waals surface area (Å²) < 4.78 is 13.2. The number of benzene rings is 1. The molecule has 1 saturated carbocycles. The SMILES string of the molecule is N#Cc1c(F)cccc1NC(=O)CNC1CC1. The minimum absolute atomic E-state index is 0.132. The lowest BCUT2D eigenvalue weighted by atomic mass is 10.2. The van der Waals surface area contributed by atoms with Crippen LogP contribution in [0.2, 0.25) is 0 Å². The average molecular weight is 233 g/mol. The molecule has 0 aromatic heterocycles. The van der Waals surface area contributed by atoms with Crippen molar-refractivity contribution in [1.82, 2.24) is 5.32 Å². The second-order valence-corrected chi connectivity index (χ2v) is 3.98. The monoisotopic (exact) mass is 233 g/mol. The summed E-state index contributed by atoms with van der Waals surface area (Å²) in [6, 6.07) is 6.33. The topological polar surface area (TPSA) is 64.9 Å². The first kappa shape index (κ1) is 11.6. The van der Waals surface area contributed by atoms with Gasteiger partial charge in [-0.15, -0.1) is 0 Å². The van der Waals surface area contributed by atoms with Gasteiger partial charge in [0, 0.05) is 6.04 Å². The van der Waals surface area contributed by atoms with Crippen molar-refractivity contribution in [1.29, 1.82) is 5.26 Å². The fourth-order valence-corrected chi connectivity index (χ4v) is 1.46. The number of carbonyl (C=O) groups is 1. The molecule has 0 spiro atoms. The van der Waals surface area contributed by atoms with Crippen LogP contribution in [0, 0.1) is 17.1 Å². The zero-order chi connectivity index (χ0) is 12.3. The molecule has 0 radical (unpaired) electrons. The summed E-state index contributed by atoms with van der Waals surface area (Å²) in [6.45, 7) is 0.187. The Bertz CT molecular complexity index is 477. The fraction of sp³-hybridized carbons (Fsp3) is 0.333. The molecular formula is C12H12FN3O. The predicted molar refractivity (Wildman–Crippen MR) is 60.8 cm³/mol. The zero-order valence-electron chi connectivity index (χ0n) is 9.16. The first-order chi connectivity index (χ1) is 8.20. The Labute approximate surface area is 98.4 Å². The second-order valence-electron chi connectivity index (χ2n) is 3.98. The van der Waals surface area contributed by atoms with Crippen LogP contribution in [-0.4, -0.2) is 18.5 Å². The lowest BCUT2D eigenvalue weighted by molar-refractivity contribution is -0.115. The van der Waals surface area contributed by atoms with Crippen molar-refractivity contribution >= 4 is 11.6 Å². The summed E-state index contributed by atoms with van der Waals surface area (Å²) in [5.74, 6) is -0.889. The molecule has 1 aromatic rings. The van der Waals surface area contributed by atoms with Gasteiger partial charge in [-0.25, -0.2) is 4.39 Å². The molecule has 1 aromatic carbocycles. The third kappa shape index (κ3) is 3.02. The maximum atomic E-state index is 13.2. The summed E-state index contributed by atoms with van der Waals surface area (Å²) in [5.41, 5.74) is 0.0855. The lowest BCUT2D eigenvalue weighted by Crippen LogP contribution is -2.29. The standard InChI is InChI=1S/C12H12FN3O/c13-10-2-1-3-11(9(10)6-14)16-12(17)7-15-8-4-5-8/h1-3,8,15H,4-5,7H2,(H,16,17). The van der Waals surface area contributed by atoms with Gasteiger partial charge in [-0.05, 0) is 25.0 Å². The summed E-state index contributed by atoms with van der Waals surface area (Å²) >= 11 is 0. The van der Waals surface area contributed by atoms with E-state index in [1.807, 2.05) is 0 Å². The maximum absolute atomic E-state index is 13.2. The molecule has 1 fully saturated rings. The van der Waals surface area contributed by atoms with Crippen molar-refractivity contribution in [2.45, 2.75) is 18.9 Å². The third-order valence-corrected chi connectivity index (χ3v) is 2.53. The quantitative estimate of drug-likeness (QED) is 0.825. The fourth-order valence-electron chi connectivity index (χ4n) is 1.46. The van der Waals surface area contributed by atoms with Crippen LogP contribution in [0.25, 0.3) is 0 Å².